The van der Waals surface area contributed by atoms with Gasteiger partial charge in [-0.2, -0.15) is 0 Å². The Balaban J connectivity index is 2.57. The maximum atomic E-state index is 5.78. The number of ether oxygens (including phenoxy) is 1. The fourth-order valence-corrected chi connectivity index (χ4v) is 1.05. The molecule has 0 heterocycles. The summed E-state index contributed by atoms with van der Waals surface area (Å²) in [5, 5.41) is 0.734. The Kier molecular flexibility index (Phi) is 3.18. The van der Waals surface area contributed by atoms with Crippen LogP contribution in [0.3, 0.4) is 0 Å². The van der Waals surface area contributed by atoms with Gasteiger partial charge in [0, 0.05) is 5.02 Å². The lowest BCUT2D eigenvalue weighted by Crippen LogP contribution is -1.88. The third kappa shape index (κ3) is 2.97. The average molecular weight is 183 g/mol. The molecule has 0 fully saturated rings. The van der Waals surface area contributed by atoms with Gasteiger partial charge in [-0.25, -0.2) is 0 Å². The van der Waals surface area contributed by atoms with Gasteiger partial charge in [0.1, 0.15) is 6.61 Å². The first-order valence-corrected chi connectivity index (χ1v) is 4.09. The quantitative estimate of drug-likeness (QED) is 0.652. The highest BCUT2D eigenvalue weighted by Gasteiger charge is 1.93. The van der Waals surface area contributed by atoms with Crippen molar-refractivity contribution in [3.8, 4) is 0 Å². The maximum Gasteiger partial charge on any atom is 0.113 e. The highest BCUT2D eigenvalue weighted by molar-refractivity contribution is 6.30. The van der Waals surface area contributed by atoms with Gasteiger partial charge in [-0.3, -0.25) is 0 Å². The molecule has 0 atom stereocenters. The largest absolute Gasteiger partial charge is 0.494 e. The topological polar surface area (TPSA) is 9.23 Å². The monoisotopic (exact) mass is 182 g/mol. The number of halogens is 1. The van der Waals surface area contributed by atoms with E-state index in [9.17, 15) is 0 Å². The third-order valence-electron chi connectivity index (χ3n) is 1.37. The van der Waals surface area contributed by atoms with Crippen molar-refractivity contribution in [1.82, 2.24) is 0 Å². The predicted molar refractivity (Wildman–Crippen MR) is 51.1 cm³/mol. The first-order valence-electron chi connectivity index (χ1n) is 3.71. The molecule has 1 aromatic carbocycles. The summed E-state index contributed by atoms with van der Waals surface area (Å²) in [6, 6.07) is 7.59. The van der Waals surface area contributed by atoms with Crippen LogP contribution in [0.25, 0.3) is 0 Å². The Morgan fingerprint density at radius 2 is 2.33 bits per heavy atom. The molecule has 0 spiro atoms. The van der Waals surface area contributed by atoms with Crippen LogP contribution < -0.4 is 0 Å². The summed E-state index contributed by atoms with van der Waals surface area (Å²) in [5.74, 6) is 0.718. The van der Waals surface area contributed by atoms with Gasteiger partial charge in [-0.15, -0.1) is 0 Å². The van der Waals surface area contributed by atoms with Crippen LogP contribution in [0.1, 0.15) is 12.5 Å². The van der Waals surface area contributed by atoms with Gasteiger partial charge >= 0.3 is 0 Å². The molecular formula is C10H11ClO. The Hall–Kier alpha value is -0.950. The number of hydrogen-bond acceptors (Lipinski definition) is 1. The third-order valence-corrected chi connectivity index (χ3v) is 1.61. The number of hydrogen-bond donors (Lipinski definition) is 0. The SMILES string of the molecule is C=C(C)OCc1cccc(Cl)c1. The van der Waals surface area contributed by atoms with Crippen LogP contribution in [0.4, 0.5) is 0 Å². The van der Waals surface area contributed by atoms with Crippen molar-refractivity contribution in [1.29, 1.82) is 0 Å². The minimum Gasteiger partial charge on any atom is -0.494 e. The van der Waals surface area contributed by atoms with Crippen molar-refractivity contribution < 1.29 is 4.74 Å². The average Bonchev–Trinajstić information content (AvgIpc) is 2.01. The van der Waals surface area contributed by atoms with Crippen LogP contribution >= 0.6 is 11.6 Å². The summed E-state index contributed by atoms with van der Waals surface area (Å²) < 4.78 is 5.23. The maximum absolute atomic E-state index is 5.78. The van der Waals surface area contributed by atoms with E-state index in [0.717, 1.165) is 16.3 Å². The summed E-state index contributed by atoms with van der Waals surface area (Å²) in [4.78, 5) is 0. The minimum absolute atomic E-state index is 0.538. The number of rotatable bonds is 3. The smallest absolute Gasteiger partial charge is 0.113 e. The summed E-state index contributed by atoms with van der Waals surface area (Å²) in [6.07, 6.45) is 0. The van der Waals surface area contributed by atoms with Crippen molar-refractivity contribution in [3.05, 3.63) is 47.2 Å². The molecule has 0 aliphatic heterocycles. The Labute approximate surface area is 77.6 Å². The fraction of sp³-hybridized carbons (Fsp3) is 0.200. The lowest BCUT2D eigenvalue weighted by atomic mass is 10.2. The molecule has 12 heavy (non-hydrogen) atoms. The first kappa shape index (κ1) is 9.14. The van der Waals surface area contributed by atoms with E-state index in [1.807, 2.05) is 31.2 Å². The summed E-state index contributed by atoms with van der Waals surface area (Å²) in [7, 11) is 0. The van der Waals surface area contributed by atoms with Crippen molar-refractivity contribution in [2.75, 3.05) is 0 Å². The zero-order valence-electron chi connectivity index (χ0n) is 7.01. The molecule has 0 unspecified atom stereocenters. The molecular weight excluding hydrogens is 172 g/mol. The highest BCUT2D eigenvalue weighted by Crippen LogP contribution is 2.12. The standard InChI is InChI=1S/C10H11ClO/c1-8(2)12-7-9-4-3-5-10(11)6-9/h3-6H,1,7H2,2H3. The molecule has 2 heteroatoms. The normalized spacial score (nSPS) is 9.50. The van der Waals surface area contributed by atoms with Crippen LogP contribution in [0.2, 0.25) is 5.02 Å². The van der Waals surface area contributed by atoms with Crippen molar-refractivity contribution in [3.63, 3.8) is 0 Å². The highest BCUT2D eigenvalue weighted by atomic mass is 35.5. The lowest BCUT2D eigenvalue weighted by Gasteiger charge is -2.04. The second-order valence-electron chi connectivity index (χ2n) is 2.62. The summed E-state index contributed by atoms with van der Waals surface area (Å²) >= 11 is 5.78. The molecule has 0 aliphatic carbocycles. The van der Waals surface area contributed by atoms with Crippen molar-refractivity contribution in [2.45, 2.75) is 13.5 Å². The molecule has 0 amide bonds. The molecule has 0 aliphatic rings. The van der Waals surface area contributed by atoms with E-state index in [0.29, 0.717) is 6.61 Å². The number of allylic oxidation sites excluding steroid dienone is 1. The second kappa shape index (κ2) is 4.17. The Morgan fingerprint density at radius 1 is 1.58 bits per heavy atom. The van der Waals surface area contributed by atoms with E-state index in [4.69, 9.17) is 16.3 Å². The number of benzene rings is 1. The van der Waals surface area contributed by atoms with E-state index in [-0.39, 0.29) is 0 Å². The summed E-state index contributed by atoms with van der Waals surface area (Å²) in [5.41, 5.74) is 1.06. The van der Waals surface area contributed by atoms with Crippen molar-refractivity contribution in [2.24, 2.45) is 0 Å². The molecule has 1 nitrogen and oxygen atoms in total. The van der Waals surface area contributed by atoms with E-state index >= 15 is 0 Å². The van der Waals surface area contributed by atoms with Crippen LogP contribution in [-0.4, -0.2) is 0 Å². The van der Waals surface area contributed by atoms with Gasteiger partial charge < -0.3 is 4.74 Å². The van der Waals surface area contributed by atoms with E-state index in [1.54, 1.807) is 0 Å². The Bertz CT molecular complexity index is 281. The van der Waals surface area contributed by atoms with Gasteiger partial charge in [0.15, 0.2) is 0 Å². The van der Waals surface area contributed by atoms with Crippen LogP contribution in [0, 0.1) is 0 Å². The fourth-order valence-electron chi connectivity index (χ4n) is 0.833. The van der Waals surface area contributed by atoms with Crippen LogP contribution in [0.15, 0.2) is 36.6 Å². The van der Waals surface area contributed by atoms with E-state index < -0.39 is 0 Å². The molecule has 1 rings (SSSR count). The molecule has 1 aromatic rings. The molecule has 0 aromatic heterocycles. The minimum atomic E-state index is 0.538. The molecule has 0 N–H and O–H groups in total. The van der Waals surface area contributed by atoms with Gasteiger partial charge in [-0.05, 0) is 24.6 Å². The molecule has 64 valence electrons. The Morgan fingerprint density at radius 3 is 2.92 bits per heavy atom. The molecule has 0 bridgehead atoms. The van der Waals surface area contributed by atoms with Crippen molar-refractivity contribution >= 4 is 11.6 Å². The van der Waals surface area contributed by atoms with Gasteiger partial charge in [0.2, 0.25) is 0 Å². The second-order valence-corrected chi connectivity index (χ2v) is 3.06. The van der Waals surface area contributed by atoms with E-state index in [2.05, 4.69) is 6.58 Å². The summed E-state index contributed by atoms with van der Waals surface area (Å²) in [6.45, 7) is 6.00. The van der Waals surface area contributed by atoms with Crippen LogP contribution in [-0.2, 0) is 11.3 Å². The zero-order valence-corrected chi connectivity index (χ0v) is 7.77. The van der Waals surface area contributed by atoms with E-state index in [1.165, 1.54) is 0 Å². The van der Waals surface area contributed by atoms with Gasteiger partial charge in [0.05, 0.1) is 5.76 Å². The first-order chi connectivity index (χ1) is 5.68. The molecule has 0 saturated heterocycles. The van der Waals surface area contributed by atoms with Crippen LogP contribution in [0.5, 0.6) is 0 Å². The molecule has 0 saturated carbocycles. The lowest BCUT2D eigenvalue weighted by molar-refractivity contribution is 0.202. The zero-order chi connectivity index (χ0) is 8.97. The predicted octanol–water partition coefficient (Wildman–Crippen LogP) is 3.39. The molecule has 0 radical (unpaired) electrons. The van der Waals surface area contributed by atoms with Gasteiger partial charge in [-0.1, -0.05) is 30.3 Å². The van der Waals surface area contributed by atoms with Gasteiger partial charge in [0.25, 0.3) is 0 Å².